The number of rotatable bonds is 4. The number of hydrogen-bond donors (Lipinski definition) is 2. The molecule has 0 bridgehead atoms. The number of halogens is 1. The van der Waals surface area contributed by atoms with Crippen LogP contribution < -0.4 is 5.32 Å². The maximum Gasteiger partial charge on any atom is 0.319 e. The van der Waals surface area contributed by atoms with E-state index in [-0.39, 0.29) is 30.4 Å². The van der Waals surface area contributed by atoms with Crippen LogP contribution in [0.2, 0.25) is 0 Å². The molecule has 1 aliphatic heterocycles. The second-order valence-electron chi connectivity index (χ2n) is 7.82. The smallest absolute Gasteiger partial charge is 0.319 e. The molecular weight excluding hydrogens is 369 g/mol. The highest BCUT2D eigenvalue weighted by molar-refractivity contribution is 5.78. The van der Waals surface area contributed by atoms with Gasteiger partial charge in [-0.05, 0) is 41.7 Å². The monoisotopic (exact) mass is 393 g/mol. The van der Waals surface area contributed by atoms with Crippen LogP contribution in [0.25, 0.3) is 11.1 Å². The Morgan fingerprint density at radius 2 is 1.90 bits per heavy atom. The SMILES string of the molecule is N#C[C@H]1[C@@H](c2ccc(-c3cccc(F)c3)cc2)[C@H](CO)N1C(=O)NC1CCCC1. The molecule has 2 amide bonds. The fourth-order valence-electron chi connectivity index (χ4n) is 4.57. The molecular formula is C23H24FN3O2. The van der Waals surface area contributed by atoms with Crippen LogP contribution in [-0.4, -0.2) is 40.8 Å². The second kappa shape index (κ2) is 8.22. The minimum absolute atomic E-state index is 0.158. The van der Waals surface area contributed by atoms with E-state index in [0.717, 1.165) is 42.4 Å². The summed E-state index contributed by atoms with van der Waals surface area (Å²) in [7, 11) is 0. The first-order valence-corrected chi connectivity index (χ1v) is 10.1. The second-order valence-corrected chi connectivity index (χ2v) is 7.82. The van der Waals surface area contributed by atoms with Crippen molar-refractivity contribution in [3.63, 3.8) is 0 Å². The molecule has 0 spiro atoms. The predicted octanol–water partition coefficient (Wildman–Crippen LogP) is 3.80. The van der Waals surface area contributed by atoms with Crippen molar-refractivity contribution < 1.29 is 14.3 Å². The Kier molecular flexibility index (Phi) is 5.50. The van der Waals surface area contributed by atoms with Crippen molar-refractivity contribution in [3.8, 4) is 17.2 Å². The van der Waals surface area contributed by atoms with Gasteiger partial charge in [0.25, 0.3) is 0 Å². The maximum atomic E-state index is 13.5. The molecule has 2 aromatic carbocycles. The van der Waals surface area contributed by atoms with Gasteiger partial charge in [-0.15, -0.1) is 0 Å². The van der Waals surface area contributed by atoms with E-state index >= 15 is 0 Å². The molecule has 1 saturated carbocycles. The van der Waals surface area contributed by atoms with E-state index in [2.05, 4.69) is 11.4 Å². The quantitative estimate of drug-likeness (QED) is 0.830. The van der Waals surface area contributed by atoms with Crippen LogP contribution in [-0.2, 0) is 0 Å². The molecule has 1 aliphatic carbocycles. The lowest BCUT2D eigenvalue weighted by atomic mass is 9.75. The normalized spacial score (nSPS) is 24.0. The Morgan fingerprint density at radius 3 is 2.52 bits per heavy atom. The van der Waals surface area contributed by atoms with Crippen molar-refractivity contribution in [2.45, 2.75) is 49.7 Å². The van der Waals surface area contributed by atoms with Crippen molar-refractivity contribution in [1.29, 1.82) is 5.26 Å². The number of urea groups is 1. The van der Waals surface area contributed by atoms with E-state index in [1.165, 1.54) is 17.0 Å². The van der Waals surface area contributed by atoms with Gasteiger partial charge in [-0.25, -0.2) is 9.18 Å². The summed E-state index contributed by atoms with van der Waals surface area (Å²) in [4.78, 5) is 14.2. The van der Waals surface area contributed by atoms with Crippen molar-refractivity contribution in [1.82, 2.24) is 10.2 Å². The molecule has 2 fully saturated rings. The van der Waals surface area contributed by atoms with E-state index in [1.807, 2.05) is 30.3 Å². The summed E-state index contributed by atoms with van der Waals surface area (Å²) in [6, 6.07) is 15.0. The summed E-state index contributed by atoms with van der Waals surface area (Å²) >= 11 is 0. The molecule has 2 aromatic rings. The summed E-state index contributed by atoms with van der Waals surface area (Å²) in [6.45, 7) is -0.202. The van der Waals surface area contributed by atoms with Crippen LogP contribution in [0.15, 0.2) is 48.5 Å². The molecule has 4 rings (SSSR count). The first-order valence-electron chi connectivity index (χ1n) is 10.1. The van der Waals surface area contributed by atoms with Gasteiger partial charge in [-0.2, -0.15) is 5.26 Å². The Morgan fingerprint density at radius 1 is 1.17 bits per heavy atom. The van der Waals surface area contributed by atoms with Crippen molar-refractivity contribution in [3.05, 3.63) is 59.9 Å². The van der Waals surface area contributed by atoms with Crippen molar-refractivity contribution in [2.24, 2.45) is 0 Å². The van der Waals surface area contributed by atoms with Gasteiger partial charge in [0.2, 0.25) is 0 Å². The summed E-state index contributed by atoms with van der Waals surface area (Å²) in [5.41, 5.74) is 2.54. The largest absolute Gasteiger partial charge is 0.394 e. The molecule has 1 saturated heterocycles. The third-order valence-corrected chi connectivity index (χ3v) is 6.10. The van der Waals surface area contributed by atoms with Crippen LogP contribution >= 0.6 is 0 Å². The van der Waals surface area contributed by atoms with Gasteiger partial charge in [0.05, 0.1) is 18.7 Å². The zero-order valence-electron chi connectivity index (χ0n) is 16.1. The molecule has 0 unspecified atom stereocenters. The lowest BCUT2D eigenvalue weighted by Gasteiger charge is -2.51. The van der Waals surface area contributed by atoms with E-state index in [0.29, 0.717) is 0 Å². The number of aliphatic hydroxyl groups excluding tert-OH is 1. The third kappa shape index (κ3) is 3.70. The fourth-order valence-corrected chi connectivity index (χ4v) is 4.57. The van der Waals surface area contributed by atoms with Crippen LogP contribution in [0.5, 0.6) is 0 Å². The van der Waals surface area contributed by atoms with Crippen molar-refractivity contribution >= 4 is 6.03 Å². The Hall–Kier alpha value is -2.91. The predicted molar refractivity (Wildman–Crippen MR) is 107 cm³/mol. The Balaban J connectivity index is 1.51. The first kappa shape index (κ1) is 19.4. The average molecular weight is 393 g/mol. The van der Waals surface area contributed by atoms with Crippen LogP contribution in [0.1, 0.15) is 37.2 Å². The van der Waals surface area contributed by atoms with Crippen LogP contribution in [0, 0.1) is 17.1 Å². The molecule has 5 nitrogen and oxygen atoms in total. The number of aliphatic hydroxyl groups is 1. The summed E-state index contributed by atoms with van der Waals surface area (Å²) in [6.07, 6.45) is 4.14. The molecule has 6 heteroatoms. The number of benzene rings is 2. The number of carbonyl (C=O) groups is 1. The molecule has 29 heavy (non-hydrogen) atoms. The summed E-state index contributed by atoms with van der Waals surface area (Å²) < 4.78 is 13.5. The van der Waals surface area contributed by atoms with E-state index in [1.54, 1.807) is 6.07 Å². The first-order chi connectivity index (χ1) is 14.1. The van der Waals surface area contributed by atoms with E-state index < -0.39 is 12.1 Å². The number of amides is 2. The molecule has 2 aliphatic rings. The van der Waals surface area contributed by atoms with Gasteiger partial charge >= 0.3 is 6.03 Å². The number of likely N-dealkylation sites (tertiary alicyclic amines) is 1. The van der Waals surface area contributed by atoms with E-state index in [9.17, 15) is 19.6 Å². The molecule has 2 N–H and O–H groups in total. The van der Waals surface area contributed by atoms with Crippen molar-refractivity contribution in [2.75, 3.05) is 6.61 Å². The molecule has 3 atom stereocenters. The average Bonchev–Trinajstić information content (AvgIpc) is 3.21. The third-order valence-electron chi connectivity index (χ3n) is 6.10. The zero-order valence-corrected chi connectivity index (χ0v) is 16.1. The standard InChI is InChI=1S/C23H24FN3O2/c24-18-5-3-4-17(12-18)15-8-10-16(11-9-15)22-20(13-25)27(21(22)14-28)23(29)26-19-6-1-2-7-19/h3-5,8-12,19-22,28H,1-2,6-7,14H2,(H,26,29)/t20-,21-,22+/m0/s1. The van der Waals surface area contributed by atoms with Gasteiger partial charge < -0.3 is 15.3 Å². The van der Waals surface area contributed by atoms with Gasteiger partial charge in [0.1, 0.15) is 11.9 Å². The lowest BCUT2D eigenvalue weighted by molar-refractivity contribution is 0.0158. The lowest BCUT2D eigenvalue weighted by Crippen LogP contribution is -2.67. The maximum absolute atomic E-state index is 13.5. The Bertz CT molecular complexity index is 918. The minimum atomic E-state index is -0.617. The molecule has 0 aromatic heterocycles. The van der Waals surface area contributed by atoms with Crippen LogP contribution in [0.4, 0.5) is 9.18 Å². The van der Waals surface area contributed by atoms with Gasteiger partial charge in [-0.3, -0.25) is 0 Å². The summed E-state index contributed by atoms with van der Waals surface area (Å²) in [5.74, 6) is -0.541. The number of carbonyl (C=O) groups excluding carboxylic acids is 1. The zero-order chi connectivity index (χ0) is 20.4. The highest BCUT2D eigenvalue weighted by atomic mass is 19.1. The number of nitrogens with one attached hydrogen (secondary N) is 1. The Labute approximate surface area is 169 Å². The van der Waals surface area contributed by atoms with Crippen LogP contribution in [0.3, 0.4) is 0 Å². The number of nitrogens with zero attached hydrogens (tertiary/aromatic N) is 2. The highest BCUT2D eigenvalue weighted by Crippen LogP contribution is 2.41. The highest BCUT2D eigenvalue weighted by Gasteiger charge is 2.52. The van der Waals surface area contributed by atoms with Gasteiger partial charge in [0.15, 0.2) is 0 Å². The summed E-state index contributed by atoms with van der Waals surface area (Å²) in [5, 5.41) is 22.6. The fraction of sp³-hybridized carbons (Fsp3) is 0.391. The topological polar surface area (TPSA) is 76.4 Å². The van der Waals surface area contributed by atoms with E-state index in [4.69, 9.17) is 0 Å². The molecule has 150 valence electrons. The van der Waals surface area contributed by atoms with Gasteiger partial charge in [0, 0.05) is 12.0 Å². The number of nitriles is 1. The minimum Gasteiger partial charge on any atom is -0.394 e. The number of hydrogen-bond acceptors (Lipinski definition) is 3. The molecule has 1 heterocycles. The van der Waals surface area contributed by atoms with Gasteiger partial charge in [-0.1, -0.05) is 49.2 Å². The molecule has 0 radical (unpaired) electrons.